The van der Waals surface area contributed by atoms with Crippen molar-refractivity contribution in [2.24, 2.45) is 0 Å². The molecule has 0 spiro atoms. The number of hydrogen-bond donors (Lipinski definition) is 2. The molecule has 1 fully saturated rings. The molecule has 3 N–H and O–H groups in total. The van der Waals surface area contributed by atoms with E-state index in [4.69, 9.17) is 5.73 Å². The fourth-order valence-corrected chi connectivity index (χ4v) is 2.73. The van der Waals surface area contributed by atoms with Crippen LogP contribution in [0.4, 0.5) is 5.69 Å². The Labute approximate surface area is 126 Å². The second kappa shape index (κ2) is 6.49. The number of carbonyl (C=O) groups excluding carboxylic acids is 1. The van der Waals surface area contributed by atoms with Crippen LogP contribution in [-0.2, 0) is 0 Å². The Morgan fingerprint density at radius 3 is 2.81 bits per heavy atom. The Morgan fingerprint density at radius 1 is 1.43 bits per heavy atom. The highest BCUT2D eigenvalue weighted by Gasteiger charge is 2.23. The molecule has 0 bridgehead atoms. The Bertz CT molecular complexity index is 496. The van der Waals surface area contributed by atoms with E-state index in [-0.39, 0.29) is 11.9 Å². The molecule has 1 unspecified atom stereocenters. The number of piperazine rings is 1. The maximum atomic E-state index is 12.4. The third-order valence-electron chi connectivity index (χ3n) is 4.14. The first kappa shape index (κ1) is 15.9. The van der Waals surface area contributed by atoms with Crippen molar-refractivity contribution in [3.63, 3.8) is 0 Å². The molecule has 1 atom stereocenters. The first-order valence-electron chi connectivity index (χ1n) is 7.52. The van der Waals surface area contributed by atoms with Crippen molar-refractivity contribution in [3.8, 4) is 0 Å². The van der Waals surface area contributed by atoms with E-state index in [9.17, 15) is 4.79 Å². The van der Waals surface area contributed by atoms with Crippen molar-refractivity contribution in [2.75, 3.05) is 46.0 Å². The molecule has 0 aliphatic carbocycles. The lowest BCUT2D eigenvalue weighted by Crippen LogP contribution is -2.54. The number of nitrogens with two attached hydrogens (primary N) is 1. The van der Waals surface area contributed by atoms with Crippen molar-refractivity contribution in [1.29, 1.82) is 0 Å². The molecule has 1 aromatic heterocycles. The van der Waals surface area contributed by atoms with Gasteiger partial charge in [0, 0.05) is 44.5 Å². The van der Waals surface area contributed by atoms with E-state index in [2.05, 4.69) is 29.2 Å². The molecule has 1 aromatic rings. The molecular weight excluding hydrogens is 266 g/mol. The summed E-state index contributed by atoms with van der Waals surface area (Å²) in [5.74, 6) is -0.0537. The highest BCUT2D eigenvalue weighted by Crippen LogP contribution is 2.16. The van der Waals surface area contributed by atoms with Gasteiger partial charge in [-0.3, -0.25) is 9.69 Å². The SMILES string of the molecule is CC(C)n1cc(N)cc1C(=O)NCC1CN(C)CCN1C. The lowest BCUT2D eigenvalue weighted by atomic mass is 10.2. The van der Waals surface area contributed by atoms with Gasteiger partial charge in [-0.25, -0.2) is 0 Å². The number of aromatic nitrogens is 1. The van der Waals surface area contributed by atoms with E-state index in [1.165, 1.54) is 0 Å². The minimum absolute atomic E-state index is 0.0537. The summed E-state index contributed by atoms with van der Waals surface area (Å²) in [6, 6.07) is 2.31. The largest absolute Gasteiger partial charge is 0.397 e. The maximum absolute atomic E-state index is 12.4. The topological polar surface area (TPSA) is 66.5 Å². The smallest absolute Gasteiger partial charge is 0.268 e. The van der Waals surface area contributed by atoms with Gasteiger partial charge in [0.1, 0.15) is 5.69 Å². The monoisotopic (exact) mass is 293 g/mol. The van der Waals surface area contributed by atoms with E-state index >= 15 is 0 Å². The van der Waals surface area contributed by atoms with E-state index in [0.29, 0.717) is 24.0 Å². The normalized spacial score (nSPS) is 20.9. The van der Waals surface area contributed by atoms with Crippen LogP contribution in [0.2, 0.25) is 0 Å². The Balaban J connectivity index is 1.98. The van der Waals surface area contributed by atoms with Gasteiger partial charge in [0.25, 0.3) is 5.91 Å². The quantitative estimate of drug-likeness (QED) is 0.854. The van der Waals surface area contributed by atoms with Gasteiger partial charge in [0.15, 0.2) is 0 Å². The van der Waals surface area contributed by atoms with E-state index in [1.807, 2.05) is 24.6 Å². The summed E-state index contributed by atoms with van der Waals surface area (Å²) in [6.45, 7) is 7.83. The molecule has 21 heavy (non-hydrogen) atoms. The van der Waals surface area contributed by atoms with Gasteiger partial charge in [0.05, 0.1) is 5.69 Å². The number of anilines is 1. The fraction of sp³-hybridized carbons (Fsp3) is 0.667. The number of hydrogen-bond acceptors (Lipinski definition) is 4. The minimum atomic E-state index is -0.0537. The number of nitrogens with one attached hydrogen (secondary N) is 1. The van der Waals surface area contributed by atoms with Crippen LogP contribution in [0.25, 0.3) is 0 Å². The van der Waals surface area contributed by atoms with Gasteiger partial charge in [0.2, 0.25) is 0 Å². The Kier molecular flexibility index (Phi) is 4.90. The highest BCUT2D eigenvalue weighted by atomic mass is 16.1. The second-order valence-electron chi connectivity index (χ2n) is 6.27. The van der Waals surface area contributed by atoms with Crippen molar-refractivity contribution in [1.82, 2.24) is 19.7 Å². The van der Waals surface area contributed by atoms with Crippen LogP contribution < -0.4 is 11.1 Å². The van der Waals surface area contributed by atoms with Gasteiger partial charge < -0.3 is 20.5 Å². The Hall–Kier alpha value is -1.53. The summed E-state index contributed by atoms with van der Waals surface area (Å²) in [6.07, 6.45) is 1.82. The summed E-state index contributed by atoms with van der Waals surface area (Å²) < 4.78 is 1.92. The summed E-state index contributed by atoms with van der Waals surface area (Å²) in [5.41, 5.74) is 7.08. The summed E-state index contributed by atoms with van der Waals surface area (Å²) in [4.78, 5) is 17.0. The average molecular weight is 293 g/mol. The van der Waals surface area contributed by atoms with Crippen LogP contribution in [0.3, 0.4) is 0 Å². The first-order valence-corrected chi connectivity index (χ1v) is 7.52. The van der Waals surface area contributed by atoms with E-state index in [0.717, 1.165) is 19.6 Å². The van der Waals surface area contributed by atoms with Crippen LogP contribution in [-0.4, -0.2) is 66.6 Å². The molecule has 0 aromatic carbocycles. The van der Waals surface area contributed by atoms with Crippen molar-refractivity contribution < 1.29 is 4.79 Å². The number of carbonyl (C=O) groups is 1. The number of amides is 1. The fourth-order valence-electron chi connectivity index (χ4n) is 2.73. The van der Waals surface area contributed by atoms with Gasteiger partial charge >= 0.3 is 0 Å². The molecule has 118 valence electrons. The van der Waals surface area contributed by atoms with Crippen LogP contribution in [0.15, 0.2) is 12.3 Å². The van der Waals surface area contributed by atoms with Gasteiger partial charge in [-0.1, -0.05) is 0 Å². The number of likely N-dealkylation sites (N-methyl/N-ethyl adjacent to an activating group) is 2. The number of nitrogen functional groups attached to an aromatic ring is 1. The third-order valence-corrected chi connectivity index (χ3v) is 4.14. The predicted molar refractivity (Wildman–Crippen MR) is 85.5 cm³/mol. The zero-order chi connectivity index (χ0) is 15.6. The van der Waals surface area contributed by atoms with Gasteiger partial charge in [-0.05, 0) is 34.0 Å². The maximum Gasteiger partial charge on any atom is 0.268 e. The first-order chi connectivity index (χ1) is 9.88. The summed E-state index contributed by atoms with van der Waals surface area (Å²) in [7, 11) is 4.23. The minimum Gasteiger partial charge on any atom is -0.397 e. The average Bonchev–Trinajstić information content (AvgIpc) is 2.82. The lowest BCUT2D eigenvalue weighted by molar-refractivity contribution is 0.0872. The molecule has 6 heteroatoms. The molecule has 0 radical (unpaired) electrons. The number of nitrogens with zero attached hydrogens (tertiary/aromatic N) is 3. The van der Waals surface area contributed by atoms with Gasteiger partial charge in [-0.2, -0.15) is 0 Å². The number of rotatable bonds is 4. The molecule has 2 heterocycles. The predicted octanol–water partition coefficient (Wildman–Crippen LogP) is 0.627. The molecule has 1 aliphatic heterocycles. The van der Waals surface area contributed by atoms with Crippen molar-refractivity contribution in [3.05, 3.63) is 18.0 Å². The highest BCUT2D eigenvalue weighted by molar-refractivity contribution is 5.93. The van der Waals surface area contributed by atoms with Crippen molar-refractivity contribution in [2.45, 2.75) is 25.9 Å². The molecule has 6 nitrogen and oxygen atoms in total. The van der Waals surface area contributed by atoms with Crippen molar-refractivity contribution >= 4 is 11.6 Å². The van der Waals surface area contributed by atoms with Gasteiger partial charge in [-0.15, -0.1) is 0 Å². The zero-order valence-electron chi connectivity index (χ0n) is 13.5. The third kappa shape index (κ3) is 3.77. The van der Waals surface area contributed by atoms with Crippen LogP contribution in [0.1, 0.15) is 30.4 Å². The van der Waals surface area contributed by atoms with Crippen LogP contribution in [0, 0.1) is 0 Å². The van der Waals surface area contributed by atoms with E-state index in [1.54, 1.807) is 6.07 Å². The molecular formula is C15H27N5O. The molecule has 1 aliphatic rings. The molecule has 0 saturated carbocycles. The standard InChI is InChI=1S/C15H27N5O/c1-11(2)20-9-12(16)7-14(20)15(21)17-8-13-10-18(3)5-6-19(13)4/h7,9,11,13H,5-6,8,10,16H2,1-4H3,(H,17,21). The summed E-state index contributed by atoms with van der Waals surface area (Å²) >= 11 is 0. The molecule has 1 saturated heterocycles. The van der Waals surface area contributed by atoms with Crippen LogP contribution in [0.5, 0.6) is 0 Å². The molecule has 2 rings (SSSR count). The van der Waals surface area contributed by atoms with E-state index < -0.39 is 0 Å². The molecule has 1 amide bonds. The Morgan fingerprint density at radius 2 is 2.14 bits per heavy atom. The summed E-state index contributed by atoms with van der Waals surface area (Å²) in [5, 5.41) is 3.04. The second-order valence-corrected chi connectivity index (χ2v) is 6.27. The lowest BCUT2D eigenvalue weighted by Gasteiger charge is -2.37. The zero-order valence-corrected chi connectivity index (χ0v) is 13.5. The van der Waals surface area contributed by atoms with Crippen LogP contribution >= 0.6 is 0 Å².